The Morgan fingerprint density at radius 1 is 1.62 bits per heavy atom. The van der Waals surface area contributed by atoms with Crippen LogP contribution < -0.4 is 10.1 Å². The molecule has 0 radical (unpaired) electrons. The number of hydrogen-bond acceptors (Lipinski definition) is 4. The topological polar surface area (TPSA) is 58.6 Å². The first-order valence-corrected chi connectivity index (χ1v) is 6.01. The number of nitrogens with one attached hydrogen (secondary N) is 1. The molecule has 0 saturated heterocycles. The van der Waals surface area contributed by atoms with Crippen LogP contribution in [0, 0.1) is 5.92 Å². The Balaban J connectivity index is 2.71. The van der Waals surface area contributed by atoms with Crippen molar-refractivity contribution in [2.24, 2.45) is 5.92 Å². The maximum Gasteiger partial charge on any atom is 0.265 e. The Kier molecular flexibility index (Phi) is 4.76. The van der Waals surface area contributed by atoms with Crippen LogP contribution in [0.2, 0.25) is 0 Å². The molecule has 0 aliphatic rings. The van der Waals surface area contributed by atoms with E-state index < -0.39 is 0 Å². The van der Waals surface area contributed by atoms with Gasteiger partial charge in [-0.05, 0) is 17.4 Å². The summed E-state index contributed by atoms with van der Waals surface area (Å²) >= 11 is 1.33. The van der Waals surface area contributed by atoms with Gasteiger partial charge in [0.05, 0.1) is 19.8 Å². The monoisotopic (exact) mass is 243 g/mol. The summed E-state index contributed by atoms with van der Waals surface area (Å²) in [5.74, 6) is 0.572. The van der Waals surface area contributed by atoms with E-state index in [4.69, 9.17) is 9.84 Å². The average Bonchev–Trinajstić information content (AvgIpc) is 2.72. The summed E-state index contributed by atoms with van der Waals surface area (Å²) in [6.45, 7) is 3.84. The zero-order valence-corrected chi connectivity index (χ0v) is 10.5. The van der Waals surface area contributed by atoms with Crippen molar-refractivity contribution in [3.63, 3.8) is 0 Å². The molecule has 0 fully saturated rings. The molecule has 2 N–H and O–H groups in total. The molecule has 0 aliphatic carbocycles. The highest BCUT2D eigenvalue weighted by molar-refractivity contribution is 7.12. The highest BCUT2D eigenvalue weighted by Gasteiger charge is 2.19. The number of carbonyl (C=O) groups is 1. The normalized spacial score (nSPS) is 12.6. The van der Waals surface area contributed by atoms with Gasteiger partial charge in [-0.25, -0.2) is 0 Å². The number of methoxy groups -OCH3 is 1. The van der Waals surface area contributed by atoms with Crippen LogP contribution in [0.25, 0.3) is 0 Å². The number of aliphatic hydroxyl groups excluding tert-OH is 1. The van der Waals surface area contributed by atoms with Gasteiger partial charge < -0.3 is 15.2 Å². The van der Waals surface area contributed by atoms with E-state index in [0.29, 0.717) is 10.6 Å². The molecule has 0 aliphatic heterocycles. The van der Waals surface area contributed by atoms with E-state index >= 15 is 0 Å². The summed E-state index contributed by atoms with van der Waals surface area (Å²) in [4.78, 5) is 12.4. The third-order valence-corrected chi connectivity index (χ3v) is 3.27. The third-order valence-electron chi connectivity index (χ3n) is 2.37. The summed E-state index contributed by atoms with van der Waals surface area (Å²) < 4.78 is 5.07. The van der Waals surface area contributed by atoms with Gasteiger partial charge in [0.2, 0.25) is 0 Å². The van der Waals surface area contributed by atoms with E-state index in [1.807, 2.05) is 13.8 Å². The Bertz CT molecular complexity index is 349. The van der Waals surface area contributed by atoms with Gasteiger partial charge in [0.1, 0.15) is 10.6 Å². The molecule has 1 rings (SSSR count). The molecule has 1 heterocycles. The average molecular weight is 243 g/mol. The molecule has 0 unspecified atom stereocenters. The minimum Gasteiger partial charge on any atom is -0.495 e. The van der Waals surface area contributed by atoms with Gasteiger partial charge in [0, 0.05) is 0 Å². The van der Waals surface area contributed by atoms with Gasteiger partial charge in [-0.15, -0.1) is 11.3 Å². The predicted molar refractivity (Wildman–Crippen MR) is 64.0 cm³/mol. The van der Waals surface area contributed by atoms with Crippen LogP contribution in [0.4, 0.5) is 0 Å². The van der Waals surface area contributed by atoms with E-state index in [1.54, 1.807) is 11.4 Å². The van der Waals surface area contributed by atoms with Crippen molar-refractivity contribution in [3.8, 4) is 5.75 Å². The molecule has 0 aromatic carbocycles. The van der Waals surface area contributed by atoms with Crippen LogP contribution >= 0.6 is 11.3 Å². The molecule has 4 nitrogen and oxygen atoms in total. The lowest BCUT2D eigenvalue weighted by Gasteiger charge is -2.19. The lowest BCUT2D eigenvalue weighted by Crippen LogP contribution is -2.40. The van der Waals surface area contributed by atoms with Crippen molar-refractivity contribution in [1.82, 2.24) is 5.32 Å². The van der Waals surface area contributed by atoms with Crippen molar-refractivity contribution >= 4 is 17.2 Å². The summed E-state index contributed by atoms with van der Waals surface area (Å²) in [6, 6.07) is 1.53. The largest absolute Gasteiger partial charge is 0.495 e. The second-order valence-electron chi connectivity index (χ2n) is 3.82. The summed E-state index contributed by atoms with van der Waals surface area (Å²) in [7, 11) is 1.53. The lowest BCUT2D eigenvalue weighted by atomic mass is 10.1. The van der Waals surface area contributed by atoms with E-state index in [0.717, 1.165) is 0 Å². The number of rotatable bonds is 5. The van der Waals surface area contributed by atoms with Crippen molar-refractivity contribution in [3.05, 3.63) is 16.3 Å². The Morgan fingerprint density at radius 2 is 2.31 bits per heavy atom. The highest BCUT2D eigenvalue weighted by atomic mass is 32.1. The van der Waals surface area contributed by atoms with E-state index in [1.165, 1.54) is 18.4 Å². The first-order valence-electron chi connectivity index (χ1n) is 5.13. The summed E-state index contributed by atoms with van der Waals surface area (Å²) in [5, 5.41) is 13.7. The van der Waals surface area contributed by atoms with Gasteiger partial charge in [0.15, 0.2) is 0 Å². The third kappa shape index (κ3) is 2.96. The number of amides is 1. The van der Waals surface area contributed by atoms with Gasteiger partial charge >= 0.3 is 0 Å². The van der Waals surface area contributed by atoms with E-state index in [-0.39, 0.29) is 24.5 Å². The van der Waals surface area contributed by atoms with Crippen LogP contribution in [0.1, 0.15) is 23.5 Å². The maximum atomic E-state index is 11.9. The van der Waals surface area contributed by atoms with Gasteiger partial charge in [0.25, 0.3) is 5.91 Å². The molecular formula is C11H17NO3S. The molecule has 1 amide bonds. The highest BCUT2D eigenvalue weighted by Crippen LogP contribution is 2.24. The van der Waals surface area contributed by atoms with Crippen LogP contribution in [-0.4, -0.2) is 30.8 Å². The predicted octanol–water partition coefficient (Wildman–Crippen LogP) is 1.50. The molecule has 0 bridgehead atoms. The fraction of sp³-hybridized carbons (Fsp3) is 0.545. The van der Waals surface area contributed by atoms with Gasteiger partial charge in [-0.1, -0.05) is 13.8 Å². The minimum absolute atomic E-state index is 0.0584. The van der Waals surface area contributed by atoms with Crippen molar-refractivity contribution in [2.45, 2.75) is 19.9 Å². The molecule has 90 valence electrons. The molecule has 1 aromatic heterocycles. The molecular weight excluding hydrogens is 226 g/mol. The first-order chi connectivity index (χ1) is 7.60. The van der Waals surface area contributed by atoms with Crippen molar-refractivity contribution in [2.75, 3.05) is 13.7 Å². The Hall–Kier alpha value is -1.07. The van der Waals surface area contributed by atoms with Crippen LogP contribution in [0.15, 0.2) is 11.4 Å². The minimum atomic E-state index is -0.223. The zero-order valence-electron chi connectivity index (χ0n) is 9.69. The number of hydrogen-bond donors (Lipinski definition) is 2. The molecule has 1 atom stereocenters. The summed E-state index contributed by atoms with van der Waals surface area (Å²) in [6.07, 6.45) is 0. The number of carbonyl (C=O) groups excluding carboxylic acids is 1. The number of ether oxygens (including phenoxy) is 1. The van der Waals surface area contributed by atoms with E-state index in [2.05, 4.69) is 5.32 Å². The van der Waals surface area contributed by atoms with Gasteiger partial charge in [-0.3, -0.25) is 4.79 Å². The fourth-order valence-corrected chi connectivity index (χ4v) is 2.04. The van der Waals surface area contributed by atoms with Crippen LogP contribution in [0.3, 0.4) is 0 Å². The second kappa shape index (κ2) is 5.86. The molecule has 0 saturated carbocycles. The number of aliphatic hydroxyl groups is 1. The molecule has 5 heteroatoms. The second-order valence-corrected chi connectivity index (χ2v) is 4.74. The Morgan fingerprint density at radius 3 is 2.81 bits per heavy atom. The molecule has 16 heavy (non-hydrogen) atoms. The van der Waals surface area contributed by atoms with E-state index in [9.17, 15) is 4.79 Å². The van der Waals surface area contributed by atoms with Crippen molar-refractivity contribution in [1.29, 1.82) is 0 Å². The summed E-state index contributed by atoms with van der Waals surface area (Å²) in [5.41, 5.74) is 0. The van der Waals surface area contributed by atoms with Gasteiger partial charge in [-0.2, -0.15) is 0 Å². The SMILES string of the molecule is COc1ccsc1C(=O)N[C@H](CO)C(C)C. The standard InChI is InChI=1S/C11H17NO3S/c1-7(2)8(6-13)12-11(14)10-9(15-3)4-5-16-10/h4-5,7-8,13H,6H2,1-3H3,(H,12,14)/t8-/m1/s1. The lowest BCUT2D eigenvalue weighted by molar-refractivity contribution is 0.0898. The quantitative estimate of drug-likeness (QED) is 0.824. The molecule has 1 aromatic rings. The molecule has 0 spiro atoms. The maximum absolute atomic E-state index is 11.9. The smallest absolute Gasteiger partial charge is 0.265 e. The first kappa shape index (κ1) is 13.0. The fourth-order valence-electron chi connectivity index (χ4n) is 1.28. The van der Waals surface area contributed by atoms with Crippen LogP contribution in [0.5, 0.6) is 5.75 Å². The zero-order chi connectivity index (χ0) is 12.1. The van der Waals surface area contributed by atoms with Crippen molar-refractivity contribution < 1.29 is 14.6 Å². The van der Waals surface area contributed by atoms with Crippen LogP contribution in [-0.2, 0) is 0 Å². The number of thiophene rings is 1. The Labute approximate surface area is 99.2 Å².